The van der Waals surface area contributed by atoms with Gasteiger partial charge in [0.05, 0.1) is 4.90 Å². The SMILES string of the molecule is Cc1ccc(S(=O)(=O)N2CCN(Cc3cccc(N)c3)CC2)cc1. The molecule has 128 valence electrons. The van der Waals surface area contributed by atoms with Crippen molar-refractivity contribution in [3.05, 3.63) is 59.7 Å². The molecule has 0 aliphatic carbocycles. The first kappa shape index (κ1) is 17.0. The summed E-state index contributed by atoms with van der Waals surface area (Å²) in [6.07, 6.45) is 0. The molecule has 0 atom stereocenters. The van der Waals surface area contributed by atoms with Crippen molar-refractivity contribution < 1.29 is 8.42 Å². The Balaban J connectivity index is 1.63. The monoisotopic (exact) mass is 345 g/mol. The summed E-state index contributed by atoms with van der Waals surface area (Å²) in [5.74, 6) is 0. The molecule has 1 aliphatic rings. The third-order valence-electron chi connectivity index (χ3n) is 4.35. The lowest BCUT2D eigenvalue weighted by Gasteiger charge is -2.34. The van der Waals surface area contributed by atoms with Crippen molar-refractivity contribution in [2.75, 3.05) is 31.9 Å². The molecule has 0 bridgehead atoms. The summed E-state index contributed by atoms with van der Waals surface area (Å²) in [5, 5.41) is 0. The van der Waals surface area contributed by atoms with E-state index < -0.39 is 10.0 Å². The molecule has 0 unspecified atom stereocenters. The number of benzene rings is 2. The maximum atomic E-state index is 12.7. The number of piperazine rings is 1. The van der Waals surface area contributed by atoms with Crippen molar-refractivity contribution in [3.8, 4) is 0 Å². The highest BCUT2D eigenvalue weighted by Crippen LogP contribution is 2.19. The van der Waals surface area contributed by atoms with Gasteiger partial charge in [0, 0.05) is 38.4 Å². The van der Waals surface area contributed by atoms with E-state index in [1.165, 1.54) is 0 Å². The van der Waals surface area contributed by atoms with Crippen LogP contribution in [-0.4, -0.2) is 43.8 Å². The minimum Gasteiger partial charge on any atom is -0.399 e. The number of sulfonamides is 1. The van der Waals surface area contributed by atoms with E-state index in [4.69, 9.17) is 5.73 Å². The maximum Gasteiger partial charge on any atom is 0.243 e. The average Bonchev–Trinajstić information content (AvgIpc) is 2.56. The zero-order valence-electron chi connectivity index (χ0n) is 13.9. The lowest BCUT2D eigenvalue weighted by Crippen LogP contribution is -2.48. The second-order valence-electron chi connectivity index (χ2n) is 6.24. The molecule has 0 saturated carbocycles. The van der Waals surface area contributed by atoms with Gasteiger partial charge in [-0.3, -0.25) is 4.90 Å². The fraction of sp³-hybridized carbons (Fsp3) is 0.333. The lowest BCUT2D eigenvalue weighted by atomic mass is 10.2. The zero-order valence-corrected chi connectivity index (χ0v) is 14.7. The number of hydrogen-bond donors (Lipinski definition) is 1. The van der Waals surface area contributed by atoms with Crippen molar-refractivity contribution >= 4 is 15.7 Å². The molecule has 1 heterocycles. The number of hydrogen-bond acceptors (Lipinski definition) is 4. The summed E-state index contributed by atoms with van der Waals surface area (Å²) in [6.45, 7) is 5.21. The van der Waals surface area contributed by atoms with Gasteiger partial charge in [-0.2, -0.15) is 4.31 Å². The van der Waals surface area contributed by atoms with Crippen LogP contribution < -0.4 is 5.73 Å². The molecule has 2 aromatic carbocycles. The van der Waals surface area contributed by atoms with Gasteiger partial charge in [-0.05, 0) is 36.8 Å². The molecule has 0 spiro atoms. The van der Waals surface area contributed by atoms with E-state index in [1.54, 1.807) is 16.4 Å². The van der Waals surface area contributed by atoms with Gasteiger partial charge in [0.25, 0.3) is 0 Å². The molecule has 3 rings (SSSR count). The van der Waals surface area contributed by atoms with E-state index in [2.05, 4.69) is 4.90 Å². The Hall–Kier alpha value is -1.89. The van der Waals surface area contributed by atoms with Crippen LogP contribution in [0, 0.1) is 6.92 Å². The number of anilines is 1. The van der Waals surface area contributed by atoms with Crippen LogP contribution in [0.3, 0.4) is 0 Å². The molecule has 0 amide bonds. The summed E-state index contributed by atoms with van der Waals surface area (Å²) in [5.41, 5.74) is 8.78. The standard InChI is InChI=1S/C18H23N3O2S/c1-15-5-7-18(8-6-15)24(22,23)21-11-9-20(10-12-21)14-16-3-2-4-17(19)13-16/h2-8,13H,9-12,14,19H2,1H3. The summed E-state index contributed by atoms with van der Waals surface area (Å²) in [6, 6.07) is 14.9. The van der Waals surface area contributed by atoms with Gasteiger partial charge in [-0.1, -0.05) is 29.8 Å². The lowest BCUT2D eigenvalue weighted by molar-refractivity contribution is 0.181. The first-order chi connectivity index (χ1) is 11.4. The Morgan fingerprint density at radius 2 is 1.67 bits per heavy atom. The van der Waals surface area contributed by atoms with E-state index in [9.17, 15) is 8.42 Å². The third kappa shape index (κ3) is 3.77. The molecule has 1 fully saturated rings. The van der Waals surface area contributed by atoms with Gasteiger partial charge in [0.1, 0.15) is 0 Å². The third-order valence-corrected chi connectivity index (χ3v) is 6.26. The average molecular weight is 345 g/mol. The van der Waals surface area contributed by atoms with Gasteiger partial charge in [-0.25, -0.2) is 8.42 Å². The molecule has 1 aliphatic heterocycles. The minimum atomic E-state index is -3.40. The molecule has 2 aromatic rings. The first-order valence-electron chi connectivity index (χ1n) is 8.09. The Bertz CT molecular complexity index is 795. The van der Waals surface area contributed by atoms with Gasteiger partial charge >= 0.3 is 0 Å². The highest BCUT2D eigenvalue weighted by Gasteiger charge is 2.28. The molecule has 6 heteroatoms. The van der Waals surface area contributed by atoms with Crippen molar-refractivity contribution in [2.24, 2.45) is 0 Å². The van der Waals surface area contributed by atoms with Gasteiger partial charge < -0.3 is 5.73 Å². The number of rotatable bonds is 4. The largest absolute Gasteiger partial charge is 0.399 e. The Morgan fingerprint density at radius 1 is 1.00 bits per heavy atom. The van der Waals surface area contributed by atoms with Crippen LogP contribution in [0.25, 0.3) is 0 Å². The fourth-order valence-electron chi connectivity index (χ4n) is 2.94. The van der Waals surface area contributed by atoms with Crippen molar-refractivity contribution in [1.29, 1.82) is 0 Å². The highest BCUT2D eigenvalue weighted by atomic mass is 32.2. The minimum absolute atomic E-state index is 0.373. The quantitative estimate of drug-likeness (QED) is 0.862. The predicted molar refractivity (Wildman–Crippen MR) is 96.1 cm³/mol. The number of nitrogens with zero attached hydrogens (tertiary/aromatic N) is 2. The molecular weight excluding hydrogens is 322 g/mol. The molecule has 0 aromatic heterocycles. The normalized spacial score (nSPS) is 17.0. The number of aryl methyl sites for hydroxylation is 1. The Morgan fingerprint density at radius 3 is 2.29 bits per heavy atom. The number of nitrogens with two attached hydrogens (primary N) is 1. The summed E-state index contributed by atoms with van der Waals surface area (Å²) in [4.78, 5) is 2.63. The van der Waals surface area contributed by atoms with Gasteiger partial charge in [0.2, 0.25) is 10.0 Å². The Labute approximate surface area is 143 Å². The van der Waals surface area contributed by atoms with E-state index in [1.807, 2.05) is 43.3 Å². The summed E-state index contributed by atoms with van der Waals surface area (Å²) < 4.78 is 27.0. The molecule has 5 nitrogen and oxygen atoms in total. The summed E-state index contributed by atoms with van der Waals surface area (Å²) in [7, 11) is -3.40. The highest BCUT2D eigenvalue weighted by molar-refractivity contribution is 7.89. The van der Waals surface area contributed by atoms with Crippen LogP contribution in [0.1, 0.15) is 11.1 Å². The molecule has 24 heavy (non-hydrogen) atoms. The second-order valence-corrected chi connectivity index (χ2v) is 8.18. The topological polar surface area (TPSA) is 66.6 Å². The van der Waals surface area contributed by atoms with Gasteiger partial charge in [-0.15, -0.1) is 0 Å². The van der Waals surface area contributed by atoms with Crippen molar-refractivity contribution in [3.63, 3.8) is 0 Å². The first-order valence-corrected chi connectivity index (χ1v) is 9.53. The van der Waals surface area contributed by atoms with Crippen LogP contribution in [0.2, 0.25) is 0 Å². The number of nitrogen functional groups attached to an aromatic ring is 1. The molecule has 2 N–H and O–H groups in total. The van der Waals surface area contributed by atoms with Crippen LogP contribution in [0.5, 0.6) is 0 Å². The van der Waals surface area contributed by atoms with Crippen molar-refractivity contribution in [1.82, 2.24) is 9.21 Å². The van der Waals surface area contributed by atoms with Crippen LogP contribution in [0.4, 0.5) is 5.69 Å². The van der Waals surface area contributed by atoms with E-state index in [0.29, 0.717) is 18.0 Å². The zero-order chi connectivity index (χ0) is 17.2. The van der Waals surface area contributed by atoms with Crippen molar-refractivity contribution in [2.45, 2.75) is 18.4 Å². The van der Waals surface area contributed by atoms with Gasteiger partial charge in [0.15, 0.2) is 0 Å². The van der Waals surface area contributed by atoms with Crippen LogP contribution in [-0.2, 0) is 16.6 Å². The van der Waals surface area contributed by atoms with Crippen LogP contribution in [0.15, 0.2) is 53.4 Å². The fourth-order valence-corrected chi connectivity index (χ4v) is 4.36. The molecular formula is C18H23N3O2S. The predicted octanol–water partition coefficient (Wildman–Crippen LogP) is 2.08. The van der Waals surface area contributed by atoms with Crippen LogP contribution >= 0.6 is 0 Å². The maximum absolute atomic E-state index is 12.7. The second kappa shape index (κ2) is 6.93. The van der Waals surface area contributed by atoms with E-state index in [-0.39, 0.29) is 0 Å². The Kier molecular flexibility index (Phi) is 4.89. The molecule has 1 saturated heterocycles. The summed E-state index contributed by atoms with van der Waals surface area (Å²) >= 11 is 0. The van der Waals surface area contributed by atoms with E-state index >= 15 is 0 Å². The van der Waals surface area contributed by atoms with E-state index in [0.717, 1.165) is 36.4 Å². The smallest absolute Gasteiger partial charge is 0.243 e. The molecule has 0 radical (unpaired) electrons.